The first-order chi connectivity index (χ1) is 13.9. The van der Waals surface area contributed by atoms with E-state index in [-0.39, 0.29) is 0 Å². The number of aliphatic imine (C=N–C) groups is 1. The van der Waals surface area contributed by atoms with Gasteiger partial charge < -0.3 is 4.42 Å². The Bertz CT molecular complexity index is 1180. The van der Waals surface area contributed by atoms with Crippen molar-refractivity contribution < 1.29 is 4.42 Å². The normalized spacial score (nSPS) is 15.5. The van der Waals surface area contributed by atoms with E-state index in [2.05, 4.69) is 52.0 Å². The number of fused-ring (bicyclic) bond motifs is 3. The smallest absolute Gasteiger partial charge is 0.154 e. The molecule has 6 rings (SSSR count). The fraction of sp³-hybridized carbons (Fsp3) is 0.167. The third-order valence-electron chi connectivity index (χ3n) is 5.64. The topological polar surface area (TPSA) is 43.3 Å². The van der Waals surface area contributed by atoms with Crippen LogP contribution in [-0.4, -0.2) is 15.3 Å². The maximum Gasteiger partial charge on any atom is 0.154 e. The van der Waals surface area contributed by atoms with Crippen molar-refractivity contribution in [3.63, 3.8) is 0 Å². The average Bonchev–Trinajstić information content (AvgIpc) is 3.33. The summed E-state index contributed by atoms with van der Waals surface area (Å²) in [5.74, 6) is 1.48. The van der Waals surface area contributed by atoms with Crippen LogP contribution in [0.2, 0.25) is 0 Å². The van der Waals surface area contributed by atoms with E-state index in [1.165, 1.54) is 24.0 Å². The molecule has 0 unspecified atom stereocenters. The molecule has 4 aromatic rings. The first-order valence-electron chi connectivity index (χ1n) is 9.73. The SMILES string of the molecule is c1ccc(C2=NCc3c(-c4ccco4)ncn3-c3ccc(C4CC4)cc32)cc1. The van der Waals surface area contributed by atoms with Crippen LogP contribution >= 0.6 is 0 Å². The molecular formula is C24H19N3O. The molecule has 1 aliphatic carbocycles. The lowest BCUT2D eigenvalue weighted by molar-refractivity contribution is 0.579. The highest BCUT2D eigenvalue weighted by atomic mass is 16.3. The molecule has 1 fully saturated rings. The van der Waals surface area contributed by atoms with Crippen LogP contribution in [0.5, 0.6) is 0 Å². The molecule has 0 atom stereocenters. The van der Waals surface area contributed by atoms with Gasteiger partial charge in [0.25, 0.3) is 0 Å². The maximum atomic E-state index is 5.62. The van der Waals surface area contributed by atoms with Gasteiger partial charge >= 0.3 is 0 Å². The molecular weight excluding hydrogens is 346 g/mol. The number of furan rings is 1. The molecule has 0 radical (unpaired) electrons. The van der Waals surface area contributed by atoms with Crippen molar-refractivity contribution in [1.29, 1.82) is 0 Å². The standard InChI is InChI=1S/C24H19N3O/c1-2-5-17(6-3-1)23-19-13-18(16-8-9-16)10-11-20(19)27-15-26-24(21(27)14-25-23)22-7-4-12-28-22/h1-7,10-13,15-16H,8-9,14H2. The highest BCUT2D eigenvalue weighted by molar-refractivity contribution is 6.15. The second kappa shape index (κ2) is 6.06. The van der Waals surface area contributed by atoms with Crippen molar-refractivity contribution in [2.24, 2.45) is 4.99 Å². The average molecular weight is 365 g/mol. The van der Waals surface area contributed by atoms with E-state index < -0.39 is 0 Å². The largest absolute Gasteiger partial charge is 0.463 e. The third-order valence-corrected chi connectivity index (χ3v) is 5.64. The first kappa shape index (κ1) is 15.6. The lowest BCUT2D eigenvalue weighted by atomic mass is 9.97. The summed E-state index contributed by atoms with van der Waals surface area (Å²) in [5, 5.41) is 0. The van der Waals surface area contributed by atoms with Crippen LogP contribution in [0.25, 0.3) is 17.1 Å². The van der Waals surface area contributed by atoms with Crippen LogP contribution in [0.4, 0.5) is 0 Å². The zero-order chi connectivity index (χ0) is 18.5. The highest BCUT2D eigenvalue weighted by Gasteiger charge is 2.27. The number of hydrogen-bond acceptors (Lipinski definition) is 3. The van der Waals surface area contributed by atoms with Gasteiger partial charge in [-0.3, -0.25) is 9.56 Å². The molecule has 2 aromatic carbocycles. The van der Waals surface area contributed by atoms with E-state index in [4.69, 9.17) is 9.41 Å². The minimum Gasteiger partial charge on any atom is -0.463 e. The predicted octanol–water partition coefficient (Wildman–Crippen LogP) is 5.36. The molecule has 4 nitrogen and oxygen atoms in total. The molecule has 0 N–H and O–H groups in total. The molecule has 0 bridgehead atoms. The van der Waals surface area contributed by atoms with Gasteiger partial charge in [-0.1, -0.05) is 36.4 Å². The Kier molecular flexibility index (Phi) is 3.38. The zero-order valence-corrected chi connectivity index (χ0v) is 15.4. The van der Waals surface area contributed by atoms with Gasteiger partial charge in [0.05, 0.1) is 29.9 Å². The quantitative estimate of drug-likeness (QED) is 0.490. The predicted molar refractivity (Wildman–Crippen MR) is 109 cm³/mol. The van der Waals surface area contributed by atoms with Gasteiger partial charge in [-0.15, -0.1) is 0 Å². The van der Waals surface area contributed by atoms with Gasteiger partial charge in [0, 0.05) is 11.1 Å². The van der Waals surface area contributed by atoms with Crippen molar-refractivity contribution in [3.05, 3.63) is 95.6 Å². The summed E-state index contributed by atoms with van der Waals surface area (Å²) >= 11 is 0. The van der Waals surface area contributed by atoms with E-state index in [1.54, 1.807) is 6.26 Å². The van der Waals surface area contributed by atoms with Crippen LogP contribution in [0, 0.1) is 0 Å². The van der Waals surface area contributed by atoms with Gasteiger partial charge in [0.15, 0.2) is 5.76 Å². The zero-order valence-electron chi connectivity index (χ0n) is 15.4. The lowest BCUT2D eigenvalue weighted by Crippen LogP contribution is -2.07. The van der Waals surface area contributed by atoms with E-state index >= 15 is 0 Å². The Morgan fingerprint density at radius 2 is 1.86 bits per heavy atom. The molecule has 136 valence electrons. The summed E-state index contributed by atoms with van der Waals surface area (Å²) in [7, 11) is 0. The van der Waals surface area contributed by atoms with Gasteiger partial charge in [0.1, 0.15) is 12.0 Å². The van der Waals surface area contributed by atoms with Gasteiger partial charge in [-0.25, -0.2) is 4.98 Å². The maximum absolute atomic E-state index is 5.62. The number of nitrogens with zero attached hydrogens (tertiary/aromatic N) is 3. The second-order valence-electron chi connectivity index (χ2n) is 7.47. The molecule has 0 saturated heterocycles. The van der Waals surface area contributed by atoms with Crippen LogP contribution in [0.15, 0.2) is 82.7 Å². The van der Waals surface area contributed by atoms with E-state index in [0.717, 1.165) is 34.1 Å². The van der Waals surface area contributed by atoms with Crippen LogP contribution in [0.1, 0.15) is 41.1 Å². The summed E-state index contributed by atoms with van der Waals surface area (Å²) in [6.45, 7) is 0.563. The van der Waals surface area contributed by atoms with E-state index in [9.17, 15) is 0 Å². The van der Waals surface area contributed by atoms with Crippen molar-refractivity contribution in [1.82, 2.24) is 9.55 Å². The molecule has 0 amide bonds. The van der Waals surface area contributed by atoms with Crippen molar-refractivity contribution in [2.45, 2.75) is 25.3 Å². The lowest BCUT2D eigenvalue weighted by Gasteiger charge is -2.13. The summed E-state index contributed by atoms with van der Waals surface area (Å²) in [6.07, 6.45) is 6.16. The number of benzene rings is 2. The Hall–Kier alpha value is -3.40. The molecule has 1 aliphatic heterocycles. The number of rotatable bonds is 3. The van der Waals surface area contributed by atoms with Gasteiger partial charge in [-0.05, 0) is 48.6 Å². The Morgan fingerprint density at radius 1 is 0.964 bits per heavy atom. The summed E-state index contributed by atoms with van der Waals surface area (Å²) < 4.78 is 7.79. The number of aromatic nitrogens is 2. The minimum absolute atomic E-state index is 0.563. The molecule has 2 aliphatic rings. The molecule has 4 heteroatoms. The number of imidazole rings is 1. The first-order valence-corrected chi connectivity index (χ1v) is 9.73. The molecule has 0 spiro atoms. The molecule has 2 aromatic heterocycles. The van der Waals surface area contributed by atoms with Crippen molar-refractivity contribution in [2.75, 3.05) is 0 Å². The van der Waals surface area contributed by atoms with Crippen LogP contribution in [0.3, 0.4) is 0 Å². The minimum atomic E-state index is 0.563. The Morgan fingerprint density at radius 3 is 2.64 bits per heavy atom. The second-order valence-corrected chi connectivity index (χ2v) is 7.47. The fourth-order valence-corrected chi connectivity index (χ4v) is 4.06. The van der Waals surface area contributed by atoms with Gasteiger partial charge in [0.2, 0.25) is 0 Å². The Balaban J connectivity index is 1.58. The monoisotopic (exact) mass is 365 g/mol. The van der Waals surface area contributed by atoms with E-state index in [0.29, 0.717) is 12.5 Å². The molecule has 3 heterocycles. The molecule has 1 saturated carbocycles. The van der Waals surface area contributed by atoms with Crippen LogP contribution < -0.4 is 0 Å². The van der Waals surface area contributed by atoms with Crippen LogP contribution in [-0.2, 0) is 6.54 Å². The third kappa shape index (κ3) is 2.45. The van der Waals surface area contributed by atoms with E-state index in [1.807, 2.05) is 24.5 Å². The van der Waals surface area contributed by atoms with Crippen molar-refractivity contribution >= 4 is 5.71 Å². The summed E-state index contributed by atoms with van der Waals surface area (Å²) in [6, 6.07) is 21.1. The number of hydrogen-bond donors (Lipinski definition) is 0. The van der Waals surface area contributed by atoms with Gasteiger partial charge in [-0.2, -0.15) is 0 Å². The highest BCUT2D eigenvalue weighted by Crippen LogP contribution is 2.42. The summed E-state index contributed by atoms with van der Waals surface area (Å²) in [4.78, 5) is 9.70. The van der Waals surface area contributed by atoms with Crippen molar-refractivity contribution in [3.8, 4) is 17.1 Å². The molecule has 28 heavy (non-hydrogen) atoms. The fourth-order valence-electron chi connectivity index (χ4n) is 4.06. The summed E-state index contributed by atoms with van der Waals surface area (Å²) in [5.41, 5.74) is 7.84. The Labute approximate surface area is 163 Å².